The van der Waals surface area contributed by atoms with Gasteiger partial charge in [0.15, 0.2) is 0 Å². The highest BCUT2D eigenvalue weighted by Gasteiger charge is 2.21. The summed E-state index contributed by atoms with van der Waals surface area (Å²) in [5.74, 6) is 1.05. The zero-order valence-electron chi connectivity index (χ0n) is 17.8. The lowest BCUT2D eigenvalue weighted by molar-refractivity contribution is 0.317. The molecule has 4 rings (SSSR count). The van der Waals surface area contributed by atoms with E-state index in [1.807, 2.05) is 43.3 Å². The van der Waals surface area contributed by atoms with Crippen LogP contribution in [0.4, 0.5) is 0 Å². The molecule has 0 spiro atoms. The van der Waals surface area contributed by atoms with Crippen LogP contribution >= 0.6 is 0 Å². The minimum Gasteiger partial charge on any atom is -0.421 e. The molecule has 1 atom stereocenters. The molecule has 0 aliphatic heterocycles. The third-order valence-corrected chi connectivity index (χ3v) is 5.40. The van der Waals surface area contributed by atoms with Crippen LogP contribution in [0.2, 0.25) is 0 Å². The van der Waals surface area contributed by atoms with E-state index in [1.165, 1.54) is 11.1 Å². The fourth-order valence-electron chi connectivity index (χ4n) is 3.79. The summed E-state index contributed by atoms with van der Waals surface area (Å²) in [6, 6.07) is 20.2. The highest BCUT2D eigenvalue weighted by atomic mass is 16.4. The van der Waals surface area contributed by atoms with E-state index >= 15 is 0 Å². The summed E-state index contributed by atoms with van der Waals surface area (Å²) in [7, 11) is 0. The van der Waals surface area contributed by atoms with E-state index in [4.69, 9.17) is 4.42 Å². The van der Waals surface area contributed by atoms with Crippen LogP contribution in [0, 0.1) is 20.8 Å². The maximum absolute atomic E-state index is 9.82. The smallest absolute Gasteiger partial charge is 0.247 e. The minimum atomic E-state index is 0.0130. The number of pyridine rings is 1. The van der Waals surface area contributed by atoms with Crippen molar-refractivity contribution >= 4 is 5.71 Å². The number of benzene rings is 2. The molecule has 2 heterocycles. The van der Waals surface area contributed by atoms with Crippen molar-refractivity contribution in [3.63, 3.8) is 0 Å². The second-order valence-corrected chi connectivity index (χ2v) is 7.59. The van der Waals surface area contributed by atoms with Crippen molar-refractivity contribution in [3.05, 3.63) is 101 Å². The van der Waals surface area contributed by atoms with E-state index in [9.17, 15) is 5.21 Å². The Labute approximate surface area is 181 Å². The van der Waals surface area contributed by atoms with Gasteiger partial charge in [0.05, 0.1) is 5.71 Å². The first-order valence-electron chi connectivity index (χ1n) is 10.1. The quantitative estimate of drug-likeness (QED) is 0.258. The molecular formula is C25H24N4O2. The van der Waals surface area contributed by atoms with E-state index < -0.39 is 0 Å². The van der Waals surface area contributed by atoms with Crippen LogP contribution in [0.25, 0.3) is 11.5 Å². The molecule has 2 aromatic carbocycles. The van der Waals surface area contributed by atoms with Gasteiger partial charge in [-0.05, 0) is 54.8 Å². The lowest BCUT2D eigenvalue weighted by atomic mass is 9.83. The zero-order valence-corrected chi connectivity index (χ0v) is 17.8. The Morgan fingerprint density at radius 1 is 1.00 bits per heavy atom. The standard InChI is InChI=1S/C25H24N4O2/c1-16-6-4-5-7-22(16)23(15-24(29-30)21-12-13-26-17(2)14-21)19-8-10-20(11-9-19)25-28-27-18(3)31-25/h4-14,23,30H,15H2,1-3H3/t23-/m1/s1. The Bertz CT molecular complexity index is 1210. The minimum absolute atomic E-state index is 0.0130. The number of oxime groups is 1. The first kappa shape index (κ1) is 20.5. The van der Waals surface area contributed by atoms with Crippen LogP contribution in [-0.2, 0) is 0 Å². The summed E-state index contributed by atoms with van der Waals surface area (Å²) >= 11 is 0. The number of aryl methyl sites for hydroxylation is 3. The lowest BCUT2D eigenvalue weighted by Gasteiger charge is -2.21. The predicted octanol–water partition coefficient (Wildman–Crippen LogP) is 5.46. The Kier molecular flexibility index (Phi) is 5.89. The van der Waals surface area contributed by atoms with Crippen LogP contribution in [-0.4, -0.2) is 26.1 Å². The van der Waals surface area contributed by atoms with Gasteiger partial charge >= 0.3 is 0 Å². The molecule has 6 heteroatoms. The van der Waals surface area contributed by atoms with Crippen LogP contribution in [0.15, 0.2) is 76.4 Å². The normalized spacial score (nSPS) is 12.7. The largest absolute Gasteiger partial charge is 0.421 e. The average Bonchev–Trinajstić information content (AvgIpc) is 3.22. The fraction of sp³-hybridized carbons (Fsp3) is 0.200. The molecule has 0 radical (unpaired) electrons. The molecule has 31 heavy (non-hydrogen) atoms. The molecular weight excluding hydrogens is 388 g/mol. The molecule has 0 aliphatic rings. The molecule has 4 aromatic rings. The van der Waals surface area contributed by atoms with Gasteiger partial charge in [-0.3, -0.25) is 4.98 Å². The van der Waals surface area contributed by atoms with Gasteiger partial charge in [0.2, 0.25) is 11.8 Å². The summed E-state index contributed by atoms with van der Waals surface area (Å²) in [4.78, 5) is 4.25. The van der Waals surface area contributed by atoms with Crippen molar-refractivity contribution in [1.82, 2.24) is 15.2 Å². The monoisotopic (exact) mass is 412 g/mol. The predicted molar refractivity (Wildman–Crippen MR) is 119 cm³/mol. The van der Waals surface area contributed by atoms with Gasteiger partial charge < -0.3 is 9.62 Å². The van der Waals surface area contributed by atoms with Crippen molar-refractivity contribution in [1.29, 1.82) is 0 Å². The van der Waals surface area contributed by atoms with E-state index in [0.717, 1.165) is 22.4 Å². The van der Waals surface area contributed by atoms with E-state index in [-0.39, 0.29) is 5.92 Å². The molecule has 156 valence electrons. The Hall–Kier alpha value is -3.80. The molecule has 1 N–H and O–H groups in total. The fourth-order valence-corrected chi connectivity index (χ4v) is 3.79. The van der Waals surface area contributed by atoms with E-state index in [0.29, 0.717) is 23.9 Å². The van der Waals surface area contributed by atoms with Crippen LogP contribution in [0.1, 0.15) is 46.2 Å². The molecule has 0 aliphatic carbocycles. The lowest BCUT2D eigenvalue weighted by Crippen LogP contribution is -2.12. The van der Waals surface area contributed by atoms with E-state index in [2.05, 4.69) is 51.5 Å². The summed E-state index contributed by atoms with van der Waals surface area (Å²) < 4.78 is 5.54. The molecule has 0 saturated carbocycles. The molecule has 0 fully saturated rings. The van der Waals surface area contributed by atoms with Gasteiger partial charge in [0.25, 0.3) is 0 Å². The second-order valence-electron chi connectivity index (χ2n) is 7.59. The van der Waals surface area contributed by atoms with Crippen molar-refractivity contribution in [3.8, 4) is 11.5 Å². The highest BCUT2D eigenvalue weighted by molar-refractivity contribution is 6.01. The molecule has 6 nitrogen and oxygen atoms in total. The maximum atomic E-state index is 9.82. The van der Waals surface area contributed by atoms with Crippen molar-refractivity contribution in [2.24, 2.45) is 5.16 Å². The highest BCUT2D eigenvalue weighted by Crippen LogP contribution is 2.33. The van der Waals surface area contributed by atoms with Crippen LogP contribution in [0.3, 0.4) is 0 Å². The number of hydrogen-bond donors (Lipinski definition) is 1. The summed E-state index contributed by atoms with van der Waals surface area (Å²) in [5, 5.41) is 21.5. The Morgan fingerprint density at radius 2 is 1.77 bits per heavy atom. The van der Waals surface area contributed by atoms with Gasteiger partial charge in [0.1, 0.15) is 0 Å². The molecule has 0 amide bonds. The van der Waals surface area contributed by atoms with Crippen LogP contribution in [0.5, 0.6) is 0 Å². The van der Waals surface area contributed by atoms with E-state index in [1.54, 1.807) is 13.1 Å². The second kappa shape index (κ2) is 8.92. The third-order valence-electron chi connectivity index (χ3n) is 5.40. The number of nitrogens with zero attached hydrogens (tertiary/aromatic N) is 4. The molecule has 0 bridgehead atoms. The first-order chi connectivity index (χ1) is 15.0. The third kappa shape index (κ3) is 4.53. The van der Waals surface area contributed by atoms with Crippen molar-refractivity contribution in [2.75, 3.05) is 0 Å². The SMILES string of the molecule is Cc1cc(C(C[C@H](c2ccc(-c3nnc(C)o3)cc2)c2ccccc2C)=NO)ccn1. The summed E-state index contributed by atoms with van der Waals surface area (Å²) in [6.45, 7) is 5.80. The molecule has 0 unspecified atom stereocenters. The van der Waals surface area contributed by atoms with Gasteiger partial charge in [-0.25, -0.2) is 0 Å². The average molecular weight is 412 g/mol. The van der Waals surface area contributed by atoms with Crippen molar-refractivity contribution < 1.29 is 9.62 Å². The molecule has 2 aromatic heterocycles. The number of rotatable bonds is 6. The summed E-state index contributed by atoms with van der Waals surface area (Å²) in [5.41, 5.74) is 6.73. The summed E-state index contributed by atoms with van der Waals surface area (Å²) in [6.07, 6.45) is 2.28. The first-order valence-corrected chi connectivity index (χ1v) is 10.1. The Balaban J connectivity index is 1.72. The topological polar surface area (TPSA) is 84.4 Å². The van der Waals surface area contributed by atoms with Gasteiger partial charge in [-0.15, -0.1) is 10.2 Å². The van der Waals surface area contributed by atoms with Gasteiger partial charge in [-0.1, -0.05) is 41.6 Å². The van der Waals surface area contributed by atoms with Crippen molar-refractivity contribution in [2.45, 2.75) is 33.1 Å². The number of hydrogen-bond acceptors (Lipinski definition) is 6. The van der Waals surface area contributed by atoms with Crippen LogP contribution < -0.4 is 0 Å². The molecule has 0 saturated heterocycles. The maximum Gasteiger partial charge on any atom is 0.247 e. The number of aromatic nitrogens is 3. The van der Waals surface area contributed by atoms with Gasteiger partial charge in [0, 0.05) is 42.3 Å². The zero-order chi connectivity index (χ0) is 21.8. The Morgan fingerprint density at radius 3 is 2.42 bits per heavy atom. The van der Waals surface area contributed by atoms with Gasteiger partial charge in [-0.2, -0.15) is 0 Å².